The number of nitrogens with zero attached hydrogens (tertiary/aromatic N) is 4. The molecule has 0 bridgehead atoms. The minimum absolute atomic E-state index is 0.201. The second-order valence-corrected chi connectivity index (χ2v) is 7.71. The summed E-state index contributed by atoms with van der Waals surface area (Å²) in [5.74, 6) is 1.70. The number of aliphatic hydroxyl groups excluding tert-OH is 1. The van der Waals surface area contributed by atoms with Gasteiger partial charge in [0.2, 0.25) is 0 Å². The molecule has 168 valence electrons. The number of ether oxygens (including phenoxy) is 2. The zero-order valence-corrected chi connectivity index (χ0v) is 18.4. The van der Waals surface area contributed by atoms with E-state index < -0.39 is 6.10 Å². The van der Waals surface area contributed by atoms with E-state index in [1.165, 1.54) is 0 Å². The van der Waals surface area contributed by atoms with Gasteiger partial charge in [-0.25, -0.2) is 14.6 Å². The Hall–Kier alpha value is -3.46. The first-order valence-electron chi connectivity index (χ1n) is 10.7. The number of hydrogen-bond donors (Lipinski definition) is 2. The predicted molar refractivity (Wildman–Crippen MR) is 118 cm³/mol. The van der Waals surface area contributed by atoms with Crippen molar-refractivity contribution in [1.29, 1.82) is 0 Å². The van der Waals surface area contributed by atoms with E-state index in [1.807, 2.05) is 25.1 Å². The lowest BCUT2D eigenvalue weighted by molar-refractivity contribution is 0.0913. The van der Waals surface area contributed by atoms with E-state index >= 15 is 0 Å². The first-order valence-corrected chi connectivity index (χ1v) is 10.7. The van der Waals surface area contributed by atoms with Crippen LogP contribution in [0, 0.1) is 0 Å². The molecule has 1 aliphatic carbocycles. The molecular weight excluding hydrogens is 410 g/mol. The standard InChI is InChI=1S/C23H27N5O4/c1-4-15(29)12-25-22(30)18-13-26-28(21(18)14-5-6-14)23-24-10-9-19(27-23)17-11-16(31-2)7-8-20(17)32-3/h7-11,13-15,29H,4-6,12H2,1-3H3,(H,25,30). The number of hydrogen-bond acceptors (Lipinski definition) is 7. The summed E-state index contributed by atoms with van der Waals surface area (Å²) in [4.78, 5) is 21.9. The van der Waals surface area contributed by atoms with Crippen LogP contribution < -0.4 is 14.8 Å². The summed E-state index contributed by atoms with van der Waals surface area (Å²) in [6.07, 6.45) is 5.16. The van der Waals surface area contributed by atoms with Crippen LogP contribution in [0.5, 0.6) is 11.5 Å². The Labute approximate surface area is 186 Å². The maximum Gasteiger partial charge on any atom is 0.254 e. The van der Waals surface area contributed by atoms with Crippen molar-refractivity contribution in [3.05, 3.63) is 47.9 Å². The van der Waals surface area contributed by atoms with Crippen LogP contribution in [0.15, 0.2) is 36.7 Å². The molecule has 1 aromatic carbocycles. The molecule has 0 aliphatic heterocycles. The monoisotopic (exact) mass is 437 g/mol. The van der Waals surface area contributed by atoms with Crippen molar-refractivity contribution in [1.82, 2.24) is 25.1 Å². The van der Waals surface area contributed by atoms with Crippen LogP contribution in [0.25, 0.3) is 17.2 Å². The van der Waals surface area contributed by atoms with Gasteiger partial charge >= 0.3 is 0 Å². The average Bonchev–Trinajstić information content (AvgIpc) is 3.59. The van der Waals surface area contributed by atoms with E-state index in [0.29, 0.717) is 35.1 Å². The Balaban J connectivity index is 1.70. The third-order valence-electron chi connectivity index (χ3n) is 5.50. The summed E-state index contributed by atoms with van der Waals surface area (Å²) in [5.41, 5.74) is 2.70. The number of amides is 1. The molecule has 0 spiro atoms. The molecule has 1 amide bonds. The van der Waals surface area contributed by atoms with Crippen LogP contribution in [0.2, 0.25) is 0 Å². The van der Waals surface area contributed by atoms with Crippen LogP contribution >= 0.6 is 0 Å². The van der Waals surface area contributed by atoms with Gasteiger partial charge in [-0.15, -0.1) is 0 Å². The van der Waals surface area contributed by atoms with Gasteiger partial charge < -0.3 is 19.9 Å². The molecule has 0 radical (unpaired) electrons. The number of carbonyl (C=O) groups excluding carboxylic acids is 1. The van der Waals surface area contributed by atoms with Crippen molar-refractivity contribution in [2.45, 2.75) is 38.2 Å². The highest BCUT2D eigenvalue weighted by molar-refractivity contribution is 5.95. The fraction of sp³-hybridized carbons (Fsp3) is 0.391. The number of methoxy groups -OCH3 is 2. The van der Waals surface area contributed by atoms with E-state index in [-0.39, 0.29) is 18.4 Å². The zero-order valence-electron chi connectivity index (χ0n) is 18.4. The summed E-state index contributed by atoms with van der Waals surface area (Å²) >= 11 is 0. The first kappa shape index (κ1) is 21.8. The van der Waals surface area contributed by atoms with Crippen molar-refractivity contribution in [2.75, 3.05) is 20.8 Å². The summed E-state index contributed by atoms with van der Waals surface area (Å²) < 4.78 is 12.5. The fourth-order valence-electron chi connectivity index (χ4n) is 3.51. The highest BCUT2D eigenvalue weighted by Crippen LogP contribution is 2.42. The normalized spacial score (nSPS) is 14.1. The number of aromatic nitrogens is 4. The smallest absolute Gasteiger partial charge is 0.254 e. The number of carbonyl (C=O) groups is 1. The third-order valence-corrected chi connectivity index (χ3v) is 5.50. The molecular formula is C23H27N5O4. The van der Waals surface area contributed by atoms with Gasteiger partial charge in [0.05, 0.1) is 43.5 Å². The highest BCUT2D eigenvalue weighted by Gasteiger charge is 2.33. The highest BCUT2D eigenvalue weighted by atomic mass is 16.5. The molecule has 1 fully saturated rings. The molecule has 1 atom stereocenters. The summed E-state index contributed by atoms with van der Waals surface area (Å²) in [6.45, 7) is 2.07. The summed E-state index contributed by atoms with van der Waals surface area (Å²) in [6, 6.07) is 7.30. The van der Waals surface area contributed by atoms with Gasteiger partial charge in [-0.2, -0.15) is 5.10 Å². The molecule has 2 N–H and O–H groups in total. The van der Waals surface area contributed by atoms with E-state index in [0.717, 1.165) is 24.1 Å². The van der Waals surface area contributed by atoms with Gasteiger partial charge in [0.25, 0.3) is 11.9 Å². The topological polar surface area (TPSA) is 111 Å². The SMILES string of the molecule is CCC(O)CNC(=O)c1cnn(-c2nccc(-c3cc(OC)ccc3OC)n2)c1C1CC1. The van der Waals surface area contributed by atoms with Crippen molar-refractivity contribution in [3.63, 3.8) is 0 Å². The molecule has 1 unspecified atom stereocenters. The van der Waals surface area contributed by atoms with Gasteiger partial charge in [0.15, 0.2) is 0 Å². The molecule has 2 heterocycles. The Morgan fingerprint density at radius 1 is 1.28 bits per heavy atom. The molecule has 1 aliphatic rings. The molecule has 32 heavy (non-hydrogen) atoms. The molecule has 4 rings (SSSR count). The van der Waals surface area contributed by atoms with Gasteiger partial charge in [-0.3, -0.25) is 4.79 Å². The second-order valence-electron chi connectivity index (χ2n) is 7.71. The zero-order chi connectivity index (χ0) is 22.7. The summed E-state index contributed by atoms with van der Waals surface area (Å²) in [7, 11) is 3.21. The molecule has 1 saturated carbocycles. The van der Waals surface area contributed by atoms with Crippen LogP contribution in [-0.4, -0.2) is 57.6 Å². The number of nitrogens with one attached hydrogen (secondary N) is 1. The molecule has 0 saturated heterocycles. The number of benzene rings is 1. The third kappa shape index (κ3) is 4.43. The maximum absolute atomic E-state index is 12.8. The molecule has 3 aromatic rings. The lowest BCUT2D eigenvalue weighted by Crippen LogP contribution is -2.32. The van der Waals surface area contributed by atoms with Crippen molar-refractivity contribution < 1.29 is 19.4 Å². The Kier molecular flexibility index (Phi) is 6.36. The summed E-state index contributed by atoms with van der Waals surface area (Å²) in [5, 5.41) is 17.0. The minimum Gasteiger partial charge on any atom is -0.497 e. The minimum atomic E-state index is -0.573. The van der Waals surface area contributed by atoms with Gasteiger partial charge in [0.1, 0.15) is 11.5 Å². The van der Waals surface area contributed by atoms with Crippen LogP contribution in [0.3, 0.4) is 0 Å². The first-order chi connectivity index (χ1) is 15.5. The quantitative estimate of drug-likeness (QED) is 0.529. The lowest BCUT2D eigenvalue weighted by atomic mass is 10.1. The second kappa shape index (κ2) is 9.35. The molecule has 9 heteroatoms. The Bertz CT molecular complexity index is 1110. The van der Waals surface area contributed by atoms with Crippen LogP contribution in [-0.2, 0) is 0 Å². The van der Waals surface area contributed by atoms with E-state index in [9.17, 15) is 9.90 Å². The largest absolute Gasteiger partial charge is 0.497 e. The van der Waals surface area contributed by atoms with E-state index in [2.05, 4.69) is 15.4 Å². The maximum atomic E-state index is 12.8. The number of aliphatic hydroxyl groups is 1. The van der Waals surface area contributed by atoms with Crippen molar-refractivity contribution in [3.8, 4) is 28.7 Å². The average molecular weight is 438 g/mol. The van der Waals surface area contributed by atoms with E-state index in [4.69, 9.17) is 14.5 Å². The van der Waals surface area contributed by atoms with Gasteiger partial charge in [-0.05, 0) is 43.5 Å². The van der Waals surface area contributed by atoms with Crippen molar-refractivity contribution in [2.24, 2.45) is 0 Å². The van der Waals surface area contributed by atoms with Crippen molar-refractivity contribution >= 4 is 5.91 Å². The van der Waals surface area contributed by atoms with Gasteiger partial charge in [-0.1, -0.05) is 6.92 Å². The van der Waals surface area contributed by atoms with Gasteiger partial charge in [0, 0.05) is 24.2 Å². The van der Waals surface area contributed by atoms with E-state index in [1.54, 1.807) is 37.4 Å². The van der Waals surface area contributed by atoms with Crippen LogP contribution in [0.4, 0.5) is 0 Å². The lowest BCUT2D eigenvalue weighted by Gasteiger charge is -2.12. The fourth-order valence-corrected chi connectivity index (χ4v) is 3.51. The molecule has 2 aromatic heterocycles. The Morgan fingerprint density at radius 3 is 2.78 bits per heavy atom. The number of rotatable bonds is 9. The predicted octanol–water partition coefficient (Wildman–Crippen LogP) is 2.72. The van der Waals surface area contributed by atoms with Crippen LogP contribution in [0.1, 0.15) is 48.2 Å². The molecule has 9 nitrogen and oxygen atoms in total. The Morgan fingerprint density at radius 2 is 2.09 bits per heavy atom.